The molecule has 0 aromatic carbocycles. The molecule has 22 heavy (non-hydrogen) atoms. The molecular weight excluding hydrogens is 286 g/mol. The van der Waals surface area contributed by atoms with Gasteiger partial charge in [-0.1, -0.05) is 5.16 Å². The highest BCUT2D eigenvalue weighted by Crippen LogP contribution is 2.27. The van der Waals surface area contributed by atoms with Crippen molar-refractivity contribution in [3.8, 4) is 0 Å². The van der Waals surface area contributed by atoms with Gasteiger partial charge in [0.1, 0.15) is 5.76 Å². The molecule has 3 heterocycles. The minimum atomic E-state index is -1.01. The molecule has 0 bridgehead atoms. The number of amides is 1. The molecule has 0 fully saturated rings. The Morgan fingerprint density at radius 3 is 2.86 bits per heavy atom. The minimum Gasteiger partial charge on any atom is -0.361 e. The second-order valence-corrected chi connectivity index (χ2v) is 5.52. The lowest BCUT2D eigenvalue weighted by Crippen LogP contribution is -2.54. The Hall–Kier alpha value is -2.35. The number of aromatic nitrogens is 3. The lowest BCUT2D eigenvalue weighted by Gasteiger charge is -2.38. The predicted molar refractivity (Wildman–Crippen MR) is 78.2 cm³/mol. The fraction of sp³-hybridized carbons (Fsp3) is 0.500. The summed E-state index contributed by atoms with van der Waals surface area (Å²) in [6.07, 6.45) is 1.91. The number of rotatable bonds is 4. The van der Waals surface area contributed by atoms with Gasteiger partial charge in [0.15, 0.2) is 11.5 Å². The molecular formula is C14H19N5O3. The molecule has 118 valence electrons. The SMILES string of the molecule is Cc1cc(CCCN2C(=O)c3c(ncn3C)N(C)C2O)on1. The Labute approximate surface area is 127 Å². The zero-order valence-corrected chi connectivity index (χ0v) is 12.9. The normalized spacial score (nSPS) is 18.0. The lowest BCUT2D eigenvalue weighted by atomic mass is 10.2. The van der Waals surface area contributed by atoms with Gasteiger partial charge in [0.25, 0.3) is 5.91 Å². The van der Waals surface area contributed by atoms with Crippen LogP contribution < -0.4 is 4.90 Å². The summed E-state index contributed by atoms with van der Waals surface area (Å²) in [6.45, 7) is 2.29. The van der Waals surface area contributed by atoms with E-state index in [0.717, 1.165) is 11.5 Å². The highest BCUT2D eigenvalue weighted by molar-refractivity contribution is 5.99. The van der Waals surface area contributed by atoms with E-state index in [9.17, 15) is 9.90 Å². The highest BCUT2D eigenvalue weighted by atomic mass is 16.5. The molecule has 2 aromatic rings. The Bertz CT molecular complexity index is 692. The molecule has 0 saturated heterocycles. The van der Waals surface area contributed by atoms with Crippen LogP contribution in [0.25, 0.3) is 0 Å². The first kappa shape index (κ1) is 14.6. The number of imidazole rings is 1. The fourth-order valence-electron chi connectivity index (χ4n) is 2.66. The van der Waals surface area contributed by atoms with E-state index in [1.807, 2.05) is 13.0 Å². The number of carbonyl (C=O) groups is 1. The Kier molecular flexibility index (Phi) is 3.61. The van der Waals surface area contributed by atoms with Crippen LogP contribution in [0.2, 0.25) is 0 Å². The van der Waals surface area contributed by atoms with Gasteiger partial charge in [0.05, 0.1) is 12.0 Å². The number of anilines is 1. The van der Waals surface area contributed by atoms with Crippen LogP contribution in [0.5, 0.6) is 0 Å². The van der Waals surface area contributed by atoms with Crippen molar-refractivity contribution in [1.29, 1.82) is 0 Å². The van der Waals surface area contributed by atoms with Crippen molar-refractivity contribution in [3.63, 3.8) is 0 Å². The predicted octanol–water partition coefficient (Wildman–Crippen LogP) is 0.517. The topological polar surface area (TPSA) is 87.6 Å². The number of hydrogen-bond donors (Lipinski definition) is 1. The molecule has 0 aliphatic carbocycles. The second-order valence-electron chi connectivity index (χ2n) is 5.52. The van der Waals surface area contributed by atoms with Gasteiger partial charge >= 0.3 is 0 Å². The Balaban J connectivity index is 1.71. The molecule has 8 heteroatoms. The molecule has 0 spiro atoms. The first-order valence-corrected chi connectivity index (χ1v) is 7.14. The first-order valence-electron chi connectivity index (χ1n) is 7.14. The number of aliphatic hydroxyl groups is 1. The molecule has 1 aliphatic rings. The monoisotopic (exact) mass is 305 g/mol. The van der Waals surface area contributed by atoms with Gasteiger partial charge in [0, 0.05) is 33.1 Å². The van der Waals surface area contributed by atoms with Crippen LogP contribution in [0.1, 0.15) is 28.4 Å². The maximum absolute atomic E-state index is 12.5. The van der Waals surface area contributed by atoms with Gasteiger partial charge in [-0.05, 0) is 13.3 Å². The van der Waals surface area contributed by atoms with Crippen LogP contribution in [0.4, 0.5) is 5.82 Å². The number of nitrogens with zero attached hydrogens (tertiary/aromatic N) is 5. The average Bonchev–Trinajstić information content (AvgIpc) is 3.06. The molecule has 3 rings (SSSR count). The van der Waals surface area contributed by atoms with Crippen molar-refractivity contribution in [3.05, 3.63) is 29.5 Å². The maximum Gasteiger partial charge on any atom is 0.277 e. The van der Waals surface area contributed by atoms with E-state index in [-0.39, 0.29) is 5.91 Å². The lowest BCUT2D eigenvalue weighted by molar-refractivity contribution is 0.00261. The third-order valence-corrected chi connectivity index (χ3v) is 3.84. The standard InChI is InChI=1S/C14H19N5O3/c1-9-7-10(22-16-9)5-4-6-19-13(20)11-12(15-8-17(11)2)18(3)14(19)21/h7-8,14,21H,4-6H2,1-3H3. The zero-order chi connectivity index (χ0) is 15.9. The van der Waals surface area contributed by atoms with E-state index in [4.69, 9.17) is 4.52 Å². The van der Waals surface area contributed by atoms with Crippen LogP contribution in [0.3, 0.4) is 0 Å². The van der Waals surface area contributed by atoms with Crippen LogP contribution in [-0.2, 0) is 13.5 Å². The second kappa shape index (κ2) is 5.45. The van der Waals surface area contributed by atoms with Crippen LogP contribution in [0.15, 0.2) is 16.9 Å². The highest BCUT2D eigenvalue weighted by Gasteiger charge is 2.37. The molecule has 1 N–H and O–H groups in total. The van der Waals surface area contributed by atoms with Crippen molar-refractivity contribution in [2.75, 3.05) is 18.5 Å². The van der Waals surface area contributed by atoms with Gasteiger partial charge < -0.3 is 19.1 Å². The maximum atomic E-state index is 12.5. The van der Waals surface area contributed by atoms with Gasteiger partial charge in [-0.3, -0.25) is 9.69 Å². The Morgan fingerprint density at radius 1 is 1.41 bits per heavy atom. The summed E-state index contributed by atoms with van der Waals surface area (Å²) in [4.78, 5) is 19.7. The van der Waals surface area contributed by atoms with Gasteiger partial charge in [-0.2, -0.15) is 0 Å². The van der Waals surface area contributed by atoms with Crippen LogP contribution >= 0.6 is 0 Å². The molecule has 1 amide bonds. The van der Waals surface area contributed by atoms with Gasteiger partial charge in [-0.25, -0.2) is 4.98 Å². The average molecular weight is 305 g/mol. The number of hydrogen-bond acceptors (Lipinski definition) is 6. The van der Waals surface area contributed by atoms with Crippen LogP contribution in [0, 0.1) is 6.92 Å². The van der Waals surface area contributed by atoms with E-state index in [1.165, 1.54) is 4.90 Å². The molecule has 0 radical (unpaired) electrons. The molecule has 1 unspecified atom stereocenters. The third-order valence-electron chi connectivity index (χ3n) is 3.84. The van der Waals surface area contributed by atoms with Crippen LogP contribution in [-0.4, -0.2) is 50.6 Å². The van der Waals surface area contributed by atoms with E-state index in [0.29, 0.717) is 30.9 Å². The number of carbonyl (C=O) groups excluding carboxylic acids is 1. The molecule has 1 aliphatic heterocycles. The van der Waals surface area contributed by atoms with Crippen molar-refractivity contribution < 1.29 is 14.4 Å². The van der Waals surface area contributed by atoms with Crippen molar-refractivity contribution >= 4 is 11.7 Å². The molecule has 2 aromatic heterocycles. The Morgan fingerprint density at radius 2 is 2.18 bits per heavy atom. The summed E-state index contributed by atoms with van der Waals surface area (Å²) in [7, 11) is 3.49. The summed E-state index contributed by atoms with van der Waals surface area (Å²) < 4.78 is 6.82. The van der Waals surface area contributed by atoms with Crippen molar-refractivity contribution in [1.82, 2.24) is 19.6 Å². The molecule has 1 atom stereocenters. The quantitative estimate of drug-likeness (QED) is 0.886. The van der Waals surface area contributed by atoms with E-state index < -0.39 is 6.35 Å². The summed E-state index contributed by atoms with van der Waals surface area (Å²) in [5.41, 5.74) is 1.33. The number of fused-ring (bicyclic) bond motifs is 1. The van der Waals surface area contributed by atoms with E-state index in [1.54, 1.807) is 29.9 Å². The summed E-state index contributed by atoms with van der Waals surface area (Å²) >= 11 is 0. The summed E-state index contributed by atoms with van der Waals surface area (Å²) in [5, 5.41) is 14.1. The number of aryl methyl sites for hydroxylation is 3. The fourth-order valence-corrected chi connectivity index (χ4v) is 2.66. The minimum absolute atomic E-state index is 0.214. The third kappa shape index (κ3) is 2.35. The smallest absolute Gasteiger partial charge is 0.277 e. The van der Waals surface area contributed by atoms with Crippen molar-refractivity contribution in [2.45, 2.75) is 26.1 Å². The molecule has 0 saturated carbocycles. The van der Waals surface area contributed by atoms with Gasteiger partial charge in [-0.15, -0.1) is 0 Å². The van der Waals surface area contributed by atoms with Crippen molar-refractivity contribution in [2.24, 2.45) is 7.05 Å². The van der Waals surface area contributed by atoms with E-state index >= 15 is 0 Å². The summed E-state index contributed by atoms with van der Waals surface area (Å²) in [6, 6.07) is 1.87. The van der Waals surface area contributed by atoms with E-state index in [2.05, 4.69) is 10.1 Å². The number of aliphatic hydroxyl groups excluding tert-OH is 1. The van der Waals surface area contributed by atoms with Gasteiger partial charge in [0.2, 0.25) is 6.35 Å². The zero-order valence-electron chi connectivity index (χ0n) is 12.9. The molecule has 8 nitrogen and oxygen atoms in total. The summed E-state index contributed by atoms with van der Waals surface area (Å²) in [5.74, 6) is 1.07. The largest absolute Gasteiger partial charge is 0.361 e. The first-order chi connectivity index (χ1) is 10.5.